The molecule has 1 N–H and O–H groups in total. The molecular formula is C26H26N2O. The van der Waals surface area contributed by atoms with Crippen molar-refractivity contribution in [3.8, 4) is 0 Å². The van der Waals surface area contributed by atoms with Crippen LogP contribution in [0.1, 0.15) is 22.9 Å². The van der Waals surface area contributed by atoms with Gasteiger partial charge in [-0.15, -0.1) is 0 Å². The summed E-state index contributed by atoms with van der Waals surface area (Å²) in [4.78, 5) is 5.21. The number of hydrogen-bond acceptors (Lipinski definition) is 3. The smallest absolute Gasteiger partial charge is 0.0887 e. The molecular weight excluding hydrogens is 356 g/mol. The Morgan fingerprint density at radius 1 is 0.586 bits per heavy atom. The van der Waals surface area contributed by atoms with Gasteiger partial charge in [0.05, 0.1) is 12.3 Å². The van der Waals surface area contributed by atoms with Gasteiger partial charge in [0, 0.05) is 37.0 Å². The van der Waals surface area contributed by atoms with Gasteiger partial charge in [-0.05, 0) is 16.7 Å². The fourth-order valence-electron chi connectivity index (χ4n) is 6.38. The molecule has 4 fully saturated rings. The van der Waals surface area contributed by atoms with E-state index in [9.17, 15) is 5.11 Å². The normalized spacial score (nSPS) is 37.6. The first-order chi connectivity index (χ1) is 14.2. The lowest BCUT2D eigenvalue weighted by molar-refractivity contribution is -0.209. The monoisotopic (exact) mass is 382 g/mol. The quantitative estimate of drug-likeness (QED) is 0.750. The van der Waals surface area contributed by atoms with Crippen molar-refractivity contribution in [1.29, 1.82) is 0 Å². The van der Waals surface area contributed by atoms with Crippen LogP contribution in [-0.4, -0.2) is 47.2 Å². The number of piperidine rings is 2. The van der Waals surface area contributed by atoms with E-state index in [1.807, 2.05) is 0 Å². The molecule has 4 aliphatic heterocycles. The van der Waals surface area contributed by atoms with E-state index < -0.39 is 6.10 Å². The van der Waals surface area contributed by atoms with Crippen molar-refractivity contribution in [2.75, 3.05) is 26.2 Å². The summed E-state index contributed by atoms with van der Waals surface area (Å²) in [5.74, 6) is 0. The molecule has 3 heteroatoms. The maximum Gasteiger partial charge on any atom is 0.0887 e. The third-order valence-corrected chi connectivity index (χ3v) is 7.47. The maximum absolute atomic E-state index is 11.9. The van der Waals surface area contributed by atoms with Gasteiger partial charge in [-0.3, -0.25) is 9.80 Å². The van der Waals surface area contributed by atoms with Crippen molar-refractivity contribution >= 4 is 0 Å². The standard InChI is InChI=1S/C26H26N2O/c29-24-25(21-12-6-2-7-13-21)16-27-18-26(24,22-14-8-3-9-15-22)19-28(17-25)23(27)20-10-4-1-5-11-20/h1-15,23-24,29H,16-19H2. The second kappa shape index (κ2) is 6.27. The van der Waals surface area contributed by atoms with E-state index in [-0.39, 0.29) is 17.0 Å². The van der Waals surface area contributed by atoms with Gasteiger partial charge in [0.2, 0.25) is 0 Å². The van der Waals surface area contributed by atoms with Gasteiger partial charge in [0.15, 0.2) is 0 Å². The van der Waals surface area contributed by atoms with Crippen LogP contribution in [0.3, 0.4) is 0 Å². The molecule has 3 nitrogen and oxygen atoms in total. The summed E-state index contributed by atoms with van der Waals surface area (Å²) in [5, 5.41) is 11.9. The molecule has 0 radical (unpaired) electrons. The summed E-state index contributed by atoms with van der Waals surface area (Å²) >= 11 is 0. The Kier molecular flexibility index (Phi) is 3.76. The summed E-state index contributed by atoms with van der Waals surface area (Å²) < 4.78 is 0. The van der Waals surface area contributed by atoms with Crippen LogP contribution in [0.5, 0.6) is 0 Å². The molecule has 4 saturated heterocycles. The first-order valence-corrected chi connectivity index (χ1v) is 10.6. The number of benzene rings is 3. The average molecular weight is 383 g/mol. The Hall–Kier alpha value is -2.46. The maximum atomic E-state index is 11.9. The van der Waals surface area contributed by atoms with Gasteiger partial charge in [0.25, 0.3) is 0 Å². The summed E-state index contributed by atoms with van der Waals surface area (Å²) in [6.45, 7) is 3.57. The van der Waals surface area contributed by atoms with E-state index >= 15 is 0 Å². The van der Waals surface area contributed by atoms with Gasteiger partial charge in [-0.2, -0.15) is 0 Å². The zero-order valence-electron chi connectivity index (χ0n) is 16.5. The van der Waals surface area contributed by atoms with Crippen LogP contribution in [0.4, 0.5) is 0 Å². The Labute approximate surface area is 172 Å². The second-order valence-corrected chi connectivity index (χ2v) is 9.04. The molecule has 4 heterocycles. The van der Waals surface area contributed by atoms with Crippen LogP contribution in [0, 0.1) is 0 Å². The average Bonchev–Trinajstić information content (AvgIpc) is 2.78. The van der Waals surface area contributed by atoms with Crippen molar-refractivity contribution in [1.82, 2.24) is 9.80 Å². The fourth-order valence-corrected chi connectivity index (χ4v) is 6.38. The van der Waals surface area contributed by atoms with Crippen molar-refractivity contribution < 1.29 is 5.11 Å². The molecule has 3 aromatic rings. The van der Waals surface area contributed by atoms with Crippen LogP contribution in [0.2, 0.25) is 0 Å². The number of rotatable bonds is 3. The van der Waals surface area contributed by atoms with Crippen molar-refractivity contribution in [2.45, 2.75) is 23.1 Å². The van der Waals surface area contributed by atoms with Crippen LogP contribution >= 0.6 is 0 Å². The highest BCUT2D eigenvalue weighted by atomic mass is 16.3. The molecule has 4 aliphatic rings. The number of hydrogen-bond donors (Lipinski definition) is 1. The lowest BCUT2D eigenvalue weighted by Gasteiger charge is -2.69. The second-order valence-electron chi connectivity index (χ2n) is 9.04. The lowest BCUT2D eigenvalue weighted by Crippen LogP contribution is -2.81. The third kappa shape index (κ3) is 2.35. The summed E-state index contributed by atoms with van der Waals surface area (Å²) in [6, 6.07) is 32.2. The van der Waals surface area contributed by atoms with Crippen molar-refractivity contribution in [3.63, 3.8) is 0 Å². The summed E-state index contributed by atoms with van der Waals surface area (Å²) in [6.07, 6.45) is -0.110. The van der Waals surface area contributed by atoms with E-state index in [1.165, 1.54) is 16.7 Å². The molecule has 0 unspecified atom stereocenters. The third-order valence-electron chi connectivity index (χ3n) is 7.47. The molecule has 4 bridgehead atoms. The molecule has 0 amide bonds. The van der Waals surface area contributed by atoms with Crippen LogP contribution in [-0.2, 0) is 10.8 Å². The van der Waals surface area contributed by atoms with Gasteiger partial charge in [-0.1, -0.05) is 91.0 Å². The minimum Gasteiger partial charge on any atom is -0.391 e. The largest absolute Gasteiger partial charge is 0.391 e. The number of aliphatic hydroxyl groups excluding tert-OH is 1. The highest BCUT2D eigenvalue weighted by Crippen LogP contribution is 2.56. The molecule has 7 rings (SSSR count). The zero-order chi connectivity index (χ0) is 19.5. The fraction of sp³-hybridized carbons (Fsp3) is 0.308. The Morgan fingerprint density at radius 3 is 1.38 bits per heavy atom. The predicted molar refractivity (Wildman–Crippen MR) is 115 cm³/mol. The van der Waals surface area contributed by atoms with E-state index in [1.54, 1.807) is 0 Å². The topological polar surface area (TPSA) is 26.7 Å². The van der Waals surface area contributed by atoms with Crippen LogP contribution in [0.25, 0.3) is 0 Å². The van der Waals surface area contributed by atoms with E-state index in [4.69, 9.17) is 0 Å². The Balaban J connectivity index is 1.52. The highest BCUT2D eigenvalue weighted by molar-refractivity contribution is 5.43. The van der Waals surface area contributed by atoms with E-state index in [2.05, 4.69) is 101 Å². The molecule has 29 heavy (non-hydrogen) atoms. The molecule has 0 aliphatic carbocycles. The van der Waals surface area contributed by atoms with Gasteiger partial charge in [-0.25, -0.2) is 0 Å². The van der Waals surface area contributed by atoms with Crippen LogP contribution < -0.4 is 0 Å². The van der Waals surface area contributed by atoms with Crippen molar-refractivity contribution in [2.24, 2.45) is 0 Å². The molecule has 3 aromatic carbocycles. The molecule has 0 saturated carbocycles. The zero-order valence-corrected chi connectivity index (χ0v) is 16.5. The van der Waals surface area contributed by atoms with Gasteiger partial charge >= 0.3 is 0 Å². The van der Waals surface area contributed by atoms with Gasteiger partial charge < -0.3 is 5.11 Å². The molecule has 146 valence electrons. The molecule has 0 atom stereocenters. The lowest BCUT2D eigenvalue weighted by atomic mass is 9.54. The first kappa shape index (κ1) is 17.4. The highest BCUT2D eigenvalue weighted by Gasteiger charge is 2.66. The van der Waals surface area contributed by atoms with E-state index in [0.717, 1.165) is 26.2 Å². The van der Waals surface area contributed by atoms with E-state index in [0.29, 0.717) is 0 Å². The Morgan fingerprint density at radius 2 is 0.966 bits per heavy atom. The summed E-state index contributed by atoms with van der Waals surface area (Å²) in [5.41, 5.74) is 3.34. The first-order valence-electron chi connectivity index (χ1n) is 10.6. The number of aliphatic hydroxyl groups is 1. The van der Waals surface area contributed by atoms with Gasteiger partial charge in [0.1, 0.15) is 0 Å². The number of nitrogens with zero attached hydrogens (tertiary/aromatic N) is 2. The molecule has 0 spiro atoms. The summed E-state index contributed by atoms with van der Waals surface area (Å²) in [7, 11) is 0. The SMILES string of the molecule is OC1C2(c3ccccc3)CN3CC1(c1ccccc1)CN(C2)C3c1ccccc1. The predicted octanol–water partition coefficient (Wildman–Crippen LogP) is 3.57. The minimum atomic E-state index is -0.399. The van der Waals surface area contributed by atoms with Crippen molar-refractivity contribution in [3.05, 3.63) is 108 Å². The Bertz CT molecular complexity index is 929. The molecule has 0 aromatic heterocycles. The minimum absolute atomic E-state index is 0.265. The van der Waals surface area contributed by atoms with Crippen LogP contribution in [0.15, 0.2) is 91.0 Å².